The molecule has 2 aliphatic heterocycles. The van der Waals surface area contributed by atoms with Crippen molar-refractivity contribution in [1.82, 2.24) is 24.4 Å². The third-order valence-corrected chi connectivity index (χ3v) is 7.52. The summed E-state index contributed by atoms with van der Waals surface area (Å²) in [6.07, 6.45) is 12.7. The molecule has 0 aromatic carbocycles. The number of amides is 1. The van der Waals surface area contributed by atoms with Crippen molar-refractivity contribution in [3.63, 3.8) is 0 Å². The molecule has 1 N–H and O–H groups in total. The zero-order valence-corrected chi connectivity index (χ0v) is 19.2. The standard InChI is InChI=1S/C25H35N5O2/c1-2-6-24(31)29-14-11-21-20(17-29)25(32)30-23(26-21)15-22(27-30)19-9-12-28(13-10-19)16-18-7-4-3-5-8-18/h3-4,15,18-19,27H,2,5-14,16-17H2,1H3/t18-/m1/s1. The van der Waals surface area contributed by atoms with Gasteiger partial charge >= 0.3 is 0 Å². The van der Waals surface area contributed by atoms with Gasteiger partial charge in [0.25, 0.3) is 5.56 Å². The Bertz CT molecular complexity index is 1060. The molecular weight excluding hydrogens is 402 g/mol. The molecule has 0 spiro atoms. The van der Waals surface area contributed by atoms with Gasteiger partial charge in [-0.2, -0.15) is 0 Å². The summed E-state index contributed by atoms with van der Waals surface area (Å²) in [6.45, 7) is 6.49. The number of hydrogen-bond acceptors (Lipinski definition) is 4. The van der Waals surface area contributed by atoms with E-state index in [0.29, 0.717) is 43.1 Å². The van der Waals surface area contributed by atoms with Gasteiger partial charge in [-0.25, -0.2) is 9.50 Å². The summed E-state index contributed by atoms with van der Waals surface area (Å²) in [7, 11) is 0. The van der Waals surface area contributed by atoms with Gasteiger partial charge in [-0.15, -0.1) is 0 Å². The minimum absolute atomic E-state index is 0.0481. The van der Waals surface area contributed by atoms with E-state index in [2.05, 4.69) is 28.2 Å². The second-order valence-corrected chi connectivity index (χ2v) is 9.79. The molecule has 4 heterocycles. The van der Waals surface area contributed by atoms with Crippen molar-refractivity contribution in [2.75, 3.05) is 26.2 Å². The number of rotatable bonds is 5. The fraction of sp³-hybridized carbons (Fsp3) is 0.640. The maximum absolute atomic E-state index is 13.2. The number of nitrogens with zero attached hydrogens (tertiary/aromatic N) is 4. The number of allylic oxidation sites excluding steroid dienone is 2. The predicted octanol–water partition coefficient (Wildman–Crippen LogP) is 3.24. The molecule has 32 heavy (non-hydrogen) atoms. The van der Waals surface area contributed by atoms with Crippen LogP contribution in [0.4, 0.5) is 0 Å². The van der Waals surface area contributed by atoms with E-state index in [4.69, 9.17) is 4.98 Å². The highest BCUT2D eigenvalue weighted by Crippen LogP contribution is 2.29. The first-order chi connectivity index (χ1) is 15.6. The quantitative estimate of drug-likeness (QED) is 0.729. The summed E-state index contributed by atoms with van der Waals surface area (Å²) in [6, 6.07) is 2.07. The molecule has 7 heteroatoms. The summed E-state index contributed by atoms with van der Waals surface area (Å²) < 4.78 is 1.60. The van der Waals surface area contributed by atoms with Crippen LogP contribution in [0.3, 0.4) is 0 Å². The monoisotopic (exact) mass is 437 g/mol. The van der Waals surface area contributed by atoms with Crippen molar-refractivity contribution < 1.29 is 4.79 Å². The van der Waals surface area contributed by atoms with Crippen LogP contribution in [0, 0.1) is 5.92 Å². The van der Waals surface area contributed by atoms with Gasteiger partial charge in [0, 0.05) is 43.6 Å². The largest absolute Gasteiger partial charge is 0.338 e. The van der Waals surface area contributed by atoms with Gasteiger partial charge in [0.2, 0.25) is 5.91 Å². The van der Waals surface area contributed by atoms with Crippen molar-refractivity contribution in [2.24, 2.45) is 5.92 Å². The van der Waals surface area contributed by atoms with Gasteiger partial charge in [-0.1, -0.05) is 19.1 Å². The molecule has 1 amide bonds. The Morgan fingerprint density at radius 2 is 2.03 bits per heavy atom. The van der Waals surface area contributed by atoms with E-state index in [0.717, 1.165) is 49.7 Å². The van der Waals surface area contributed by atoms with E-state index in [9.17, 15) is 9.59 Å². The molecule has 3 aliphatic rings. The van der Waals surface area contributed by atoms with E-state index in [1.165, 1.54) is 25.8 Å². The number of nitrogens with one attached hydrogen (secondary N) is 1. The fourth-order valence-corrected chi connectivity index (χ4v) is 5.61. The number of H-pyrrole nitrogens is 1. The smallest absolute Gasteiger partial charge is 0.277 e. The summed E-state index contributed by atoms with van der Waals surface area (Å²) in [5.41, 5.74) is 3.32. The summed E-state index contributed by atoms with van der Waals surface area (Å²) >= 11 is 0. The highest BCUT2D eigenvalue weighted by molar-refractivity contribution is 5.76. The van der Waals surface area contributed by atoms with E-state index in [1.807, 2.05) is 11.8 Å². The molecule has 0 unspecified atom stereocenters. The third kappa shape index (κ3) is 4.27. The Morgan fingerprint density at radius 1 is 1.19 bits per heavy atom. The molecule has 2 aromatic rings. The van der Waals surface area contributed by atoms with Gasteiger partial charge in [0.15, 0.2) is 5.65 Å². The number of aromatic nitrogens is 3. The van der Waals surface area contributed by atoms with Crippen LogP contribution in [-0.4, -0.2) is 56.5 Å². The number of carbonyl (C=O) groups excluding carboxylic acids is 1. The van der Waals surface area contributed by atoms with Gasteiger partial charge in [0.1, 0.15) is 0 Å². The fourth-order valence-electron chi connectivity index (χ4n) is 5.61. The van der Waals surface area contributed by atoms with E-state index < -0.39 is 0 Å². The van der Waals surface area contributed by atoms with Crippen LogP contribution in [-0.2, 0) is 17.8 Å². The lowest BCUT2D eigenvalue weighted by Crippen LogP contribution is -2.40. The van der Waals surface area contributed by atoms with Crippen molar-refractivity contribution in [3.05, 3.63) is 45.5 Å². The Balaban J connectivity index is 1.28. The van der Waals surface area contributed by atoms with Crippen LogP contribution in [0.1, 0.15) is 74.7 Å². The molecule has 0 radical (unpaired) electrons. The molecule has 1 fully saturated rings. The number of aromatic amines is 1. The van der Waals surface area contributed by atoms with Crippen LogP contribution in [0.25, 0.3) is 5.65 Å². The number of fused-ring (bicyclic) bond motifs is 2. The van der Waals surface area contributed by atoms with Gasteiger partial charge in [0.05, 0.1) is 17.8 Å². The van der Waals surface area contributed by atoms with E-state index >= 15 is 0 Å². The summed E-state index contributed by atoms with van der Waals surface area (Å²) in [5, 5.41) is 3.36. The number of hydrogen-bond donors (Lipinski definition) is 1. The third-order valence-electron chi connectivity index (χ3n) is 7.52. The van der Waals surface area contributed by atoms with Crippen molar-refractivity contribution in [1.29, 1.82) is 0 Å². The Labute approximate surface area is 189 Å². The van der Waals surface area contributed by atoms with Crippen LogP contribution >= 0.6 is 0 Å². The molecule has 1 atom stereocenters. The highest BCUT2D eigenvalue weighted by Gasteiger charge is 2.27. The van der Waals surface area contributed by atoms with Crippen molar-refractivity contribution >= 4 is 11.6 Å². The lowest BCUT2D eigenvalue weighted by atomic mass is 9.90. The first-order valence-corrected chi connectivity index (χ1v) is 12.4. The SMILES string of the molecule is CCCC(=O)N1CCc2nc3cc(C4CCN(C[C@@H]5CC=CCC5)CC4)[nH]n3c(=O)c2C1. The van der Waals surface area contributed by atoms with Crippen molar-refractivity contribution in [2.45, 2.75) is 70.8 Å². The van der Waals surface area contributed by atoms with Crippen LogP contribution in [0.15, 0.2) is 23.0 Å². The van der Waals surface area contributed by atoms with Gasteiger partial charge in [-0.05, 0) is 57.5 Å². The molecular formula is C25H35N5O2. The number of piperidine rings is 1. The van der Waals surface area contributed by atoms with Gasteiger partial charge < -0.3 is 9.80 Å². The molecule has 1 aliphatic carbocycles. The zero-order valence-electron chi connectivity index (χ0n) is 19.2. The number of carbonyl (C=O) groups is 1. The highest BCUT2D eigenvalue weighted by atomic mass is 16.2. The second kappa shape index (κ2) is 9.22. The first kappa shape index (κ1) is 21.4. The molecule has 172 valence electrons. The average molecular weight is 438 g/mol. The molecule has 5 rings (SSSR count). The normalized spacial score (nSPS) is 22.4. The lowest BCUT2D eigenvalue weighted by Gasteiger charge is -2.34. The van der Waals surface area contributed by atoms with E-state index in [-0.39, 0.29) is 11.5 Å². The topological polar surface area (TPSA) is 73.7 Å². The number of likely N-dealkylation sites (tertiary alicyclic amines) is 1. The zero-order chi connectivity index (χ0) is 22.1. The minimum Gasteiger partial charge on any atom is -0.338 e. The van der Waals surface area contributed by atoms with Crippen LogP contribution in [0.5, 0.6) is 0 Å². The molecule has 0 bridgehead atoms. The molecule has 0 saturated carbocycles. The predicted molar refractivity (Wildman–Crippen MR) is 125 cm³/mol. The van der Waals surface area contributed by atoms with Gasteiger partial charge in [-0.3, -0.25) is 14.7 Å². The van der Waals surface area contributed by atoms with Crippen LogP contribution in [0.2, 0.25) is 0 Å². The second-order valence-electron chi connectivity index (χ2n) is 9.79. The van der Waals surface area contributed by atoms with Crippen LogP contribution < -0.4 is 5.56 Å². The van der Waals surface area contributed by atoms with E-state index in [1.54, 1.807) is 4.52 Å². The molecule has 1 saturated heterocycles. The lowest BCUT2D eigenvalue weighted by molar-refractivity contribution is -0.132. The summed E-state index contributed by atoms with van der Waals surface area (Å²) in [5.74, 6) is 1.38. The molecule has 7 nitrogen and oxygen atoms in total. The first-order valence-electron chi connectivity index (χ1n) is 12.4. The minimum atomic E-state index is -0.0481. The van der Waals surface area contributed by atoms with Crippen molar-refractivity contribution in [3.8, 4) is 0 Å². The Kier molecular flexibility index (Phi) is 6.17. The molecule has 2 aromatic heterocycles. The summed E-state index contributed by atoms with van der Waals surface area (Å²) in [4.78, 5) is 34.8. The maximum Gasteiger partial charge on any atom is 0.277 e. The Morgan fingerprint density at radius 3 is 2.78 bits per heavy atom. The average Bonchev–Trinajstić information content (AvgIpc) is 3.25. The Hall–Kier alpha value is -2.41. The maximum atomic E-state index is 13.2.